The molecule has 0 bridgehead atoms. The van der Waals surface area contributed by atoms with Gasteiger partial charge in [0.25, 0.3) is 0 Å². The fraction of sp³-hybridized carbons (Fsp3) is 0.533. The standard InChI is InChI=1S/C15H22N2O2/c1-3-9-15(2,16)14(18)17-10-6-11-19-13-8-5-4-7-12(13)17/h4-5,7-8H,3,6,9-11,16H2,1-2H3. The van der Waals surface area contributed by atoms with Crippen LogP contribution in [0.5, 0.6) is 5.75 Å². The van der Waals surface area contributed by atoms with E-state index in [1.807, 2.05) is 38.1 Å². The molecule has 1 amide bonds. The first kappa shape index (κ1) is 13.9. The highest BCUT2D eigenvalue weighted by molar-refractivity contribution is 6.01. The van der Waals surface area contributed by atoms with Crippen LogP contribution in [0.4, 0.5) is 5.69 Å². The average molecular weight is 262 g/mol. The smallest absolute Gasteiger partial charge is 0.246 e. The number of rotatable bonds is 3. The first-order valence-electron chi connectivity index (χ1n) is 6.89. The number of nitrogens with two attached hydrogens (primary N) is 1. The van der Waals surface area contributed by atoms with Crippen LogP contribution >= 0.6 is 0 Å². The molecule has 0 spiro atoms. The molecule has 104 valence electrons. The molecule has 1 aromatic carbocycles. The number of benzene rings is 1. The first-order valence-corrected chi connectivity index (χ1v) is 6.89. The summed E-state index contributed by atoms with van der Waals surface area (Å²) in [4.78, 5) is 14.4. The fourth-order valence-corrected chi connectivity index (χ4v) is 2.47. The lowest BCUT2D eigenvalue weighted by atomic mass is 9.95. The lowest BCUT2D eigenvalue weighted by molar-refractivity contribution is -0.123. The second-order valence-corrected chi connectivity index (χ2v) is 5.29. The van der Waals surface area contributed by atoms with Crippen molar-refractivity contribution in [3.05, 3.63) is 24.3 Å². The molecule has 0 saturated carbocycles. The average Bonchev–Trinajstić information content (AvgIpc) is 2.60. The van der Waals surface area contributed by atoms with Crippen molar-refractivity contribution in [3.63, 3.8) is 0 Å². The predicted molar refractivity (Wildman–Crippen MR) is 76.4 cm³/mol. The Balaban J connectivity index is 2.32. The highest BCUT2D eigenvalue weighted by Gasteiger charge is 2.34. The number of hydrogen-bond acceptors (Lipinski definition) is 3. The summed E-state index contributed by atoms with van der Waals surface area (Å²) in [5, 5.41) is 0. The van der Waals surface area contributed by atoms with Gasteiger partial charge in [0.05, 0.1) is 17.8 Å². The van der Waals surface area contributed by atoms with E-state index in [0.29, 0.717) is 19.6 Å². The largest absolute Gasteiger partial charge is 0.491 e. The van der Waals surface area contributed by atoms with Crippen molar-refractivity contribution in [2.24, 2.45) is 5.73 Å². The van der Waals surface area contributed by atoms with Gasteiger partial charge in [-0.2, -0.15) is 0 Å². The minimum atomic E-state index is -0.813. The van der Waals surface area contributed by atoms with Crippen molar-refractivity contribution in [2.75, 3.05) is 18.1 Å². The Kier molecular flexibility index (Phi) is 4.10. The normalized spacial score (nSPS) is 17.9. The van der Waals surface area contributed by atoms with Crippen LogP contribution in [0.2, 0.25) is 0 Å². The second kappa shape index (κ2) is 5.61. The van der Waals surface area contributed by atoms with Crippen LogP contribution in [0.1, 0.15) is 33.1 Å². The third-order valence-corrected chi connectivity index (χ3v) is 3.44. The monoisotopic (exact) mass is 262 g/mol. The predicted octanol–water partition coefficient (Wildman–Crippen LogP) is 2.32. The fourth-order valence-electron chi connectivity index (χ4n) is 2.47. The number of nitrogens with zero attached hydrogens (tertiary/aromatic N) is 1. The van der Waals surface area contributed by atoms with E-state index >= 15 is 0 Å². The van der Waals surface area contributed by atoms with Gasteiger partial charge in [-0.3, -0.25) is 4.79 Å². The third-order valence-electron chi connectivity index (χ3n) is 3.44. The minimum absolute atomic E-state index is 0.0210. The number of fused-ring (bicyclic) bond motifs is 1. The topological polar surface area (TPSA) is 55.6 Å². The van der Waals surface area contributed by atoms with Gasteiger partial charge in [0.15, 0.2) is 0 Å². The molecule has 1 heterocycles. The molecule has 0 saturated heterocycles. The van der Waals surface area contributed by atoms with E-state index in [2.05, 4.69) is 0 Å². The Morgan fingerprint density at radius 1 is 1.47 bits per heavy atom. The van der Waals surface area contributed by atoms with E-state index in [4.69, 9.17) is 10.5 Å². The number of carbonyl (C=O) groups excluding carboxylic acids is 1. The third kappa shape index (κ3) is 2.89. The van der Waals surface area contributed by atoms with Crippen LogP contribution in [0.15, 0.2) is 24.3 Å². The van der Waals surface area contributed by atoms with E-state index in [-0.39, 0.29) is 5.91 Å². The van der Waals surface area contributed by atoms with Gasteiger partial charge in [-0.15, -0.1) is 0 Å². The van der Waals surface area contributed by atoms with E-state index in [1.165, 1.54) is 0 Å². The maximum absolute atomic E-state index is 12.7. The number of para-hydroxylation sites is 2. The van der Waals surface area contributed by atoms with Gasteiger partial charge < -0.3 is 15.4 Å². The van der Waals surface area contributed by atoms with Crippen molar-refractivity contribution in [3.8, 4) is 5.75 Å². The zero-order chi connectivity index (χ0) is 13.9. The van der Waals surface area contributed by atoms with Gasteiger partial charge in [-0.1, -0.05) is 25.5 Å². The summed E-state index contributed by atoms with van der Waals surface area (Å²) in [7, 11) is 0. The Bertz CT molecular complexity index is 457. The van der Waals surface area contributed by atoms with Gasteiger partial charge in [0.2, 0.25) is 5.91 Å². The molecule has 2 N–H and O–H groups in total. The molecule has 0 radical (unpaired) electrons. The molecule has 4 heteroatoms. The van der Waals surface area contributed by atoms with Crippen LogP contribution in [-0.4, -0.2) is 24.6 Å². The van der Waals surface area contributed by atoms with Gasteiger partial charge >= 0.3 is 0 Å². The molecule has 4 nitrogen and oxygen atoms in total. The summed E-state index contributed by atoms with van der Waals surface area (Å²) in [5.41, 5.74) is 6.20. The molecule has 1 aliphatic rings. The molecular formula is C15H22N2O2. The van der Waals surface area contributed by atoms with Crippen LogP contribution in [0, 0.1) is 0 Å². The molecule has 1 aliphatic heterocycles. The van der Waals surface area contributed by atoms with Crippen molar-refractivity contribution in [1.82, 2.24) is 0 Å². The summed E-state index contributed by atoms with van der Waals surface area (Å²) in [5.74, 6) is 0.743. The highest BCUT2D eigenvalue weighted by Crippen LogP contribution is 2.32. The minimum Gasteiger partial charge on any atom is -0.491 e. The maximum atomic E-state index is 12.7. The molecule has 1 atom stereocenters. The first-order chi connectivity index (χ1) is 9.06. The molecular weight excluding hydrogens is 240 g/mol. The Hall–Kier alpha value is -1.55. The Labute approximate surface area is 114 Å². The van der Waals surface area contributed by atoms with E-state index < -0.39 is 5.54 Å². The second-order valence-electron chi connectivity index (χ2n) is 5.29. The van der Waals surface area contributed by atoms with Gasteiger partial charge in [-0.05, 0) is 31.9 Å². The van der Waals surface area contributed by atoms with Gasteiger partial charge in [0, 0.05) is 6.54 Å². The number of hydrogen-bond donors (Lipinski definition) is 1. The van der Waals surface area contributed by atoms with Crippen LogP contribution in [-0.2, 0) is 4.79 Å². The number of amides is 1. The van der Waals surface area contributed by atoms with Crippen LogP contribution in [0.3, 0.4) is 0 Å². The molecule has 19 heavy (non-hydrogen) atoms. The summed E-state index contributed by atoms with van der Waals surface area (Å²) in [6.45, 7) is 5.15. The highest BCUT2D eigenvalue weighted by atomic mass is 16.5. The van der Waals surface area contributed by atoms with Gasteiger partial charge in [0.1, 0.15) is 5.75 Å². The number of anilines is 1. The molecule has 0 aromatic heterocycles. The Morgan fingerprint density at radius 3 is 2.95 bits per heavy atom. The van der Waals surface area contributed by atoms with Gasteiger partial charge in [-0.25, -0.2) is 0 Å². The summed E-state index contributed by atoms with van der Waals surface area (Å²) >= 11 is 0. The van der Waals surface area contributed by atoms with Crippen molar-refractivity contribution in [2.45, 2.75) is 38.6 Å². The Morgan fingerprint density at radius 2 is 2.21 bits per heavy atom. The molecule has 1 unspecified atom stereocenters. The summed E-state index contributed by atoms with van der Waals surface area (Å²) < 4.78 is 5.67. The number of ether oxygens (including phenoxy) is 1. The van der Waals surface area contributed by atoms with Crippen LogP contribution < -0.4 is 15.4 Å². The maximum Gasteiger partial charge on any atom is 0.246 e. The zero-order valence-corrected chi connectivity index (χ0v) is 11.7. The molecule has 1 aromatic rings. The number of carbonyl (C=O) groups is 1. The lowest BCUT2D eigenvalue weighted by Gasteiger charge is -2.31. The lowest BCUT2D eigenvalue weighted by Crippen LogP contribution is -2.53. The SMILES string of the molecule is CCCC(C)(N)C(=O)N1CCCOc2ccccc21. The molecule has 0 fully saturated rings. The van der Waals surface area contributed by atoms with Crippen molar-refractivity contribution >= 4 is 11.6 Å². The zero-order valence-electron chi connectivity index (χ0n) is 11.7. The van der Waals surface area contributed by atoms with E-state index in [0.717, 1.165) is 24.3 Å². The van der Waals surface area contributed by atoms with Crippen LogP contribution in [0.25, 0.3) is 0 Å². The molecule has 0 aliphatic carbocycles. The van der Waals surface area contributed by atoms with E-state index in [9.17, 15) is 4.79 Å². The van der Waals surface area contributed by atoms with Crippen molar-refractivity contribution < 1.29 is 9.53 Å². The quantitative estimate of drug-likeness (QED) is 0.909. The summed E-state index contributed by atoms with van der Waals surface area (Å²) in [6.07, 6.45) is 2.40. The van der Waals surface area contributed by atoms with Crippen molar-refractivity contribution in [1.29, 1.82) is 0 Å². The summed E-state index contributed by atoms with van der Waals surface area (Å²) in [6, 6.07) is 7.65. The van der Waals surface area contributed by atoms with E-state index in [1.54, 1.807) is 4.90 Å². The molecule has 2 rings (SSSR count).